The van der Waals surface area contributed by atoms with E-state index in [4.69, 9.17) is 5.26 Å². The number of hydrogen-bond donors (Lipinski definition) is 1. The van der Waals surface area contributed by atoms with Gasteiger partial charge < -0.3 is 15.1 Å². The fourth-order valence-electron chi connectivity index (χ4n) is 1.97. The molecule has 110 valence electrons. The van der Waals surface area contributed by atoms with E-state index in [0.29, 0.717) is 31.3 Å². The van der Waals surface area contributed by atoms with E-state index in [1.54, 1.807) is 21.4 Å². The molecule has 2 amide bonds. The third-order valence-electron chi connectivity index (χ3n) is 3.14. The number of thiazole rings is 1. The maximum absolute atomic E-state index is 12.2. The molecule has 2 rings (SSSR count). The van der Waals surface area contributed by atoms with Crippen LogP contribution in [-0.4, -0.2) is 52.8 Å². The van der Waals surface area contributed by atoms with E-state index in [2.05, 4.69) is 10.3 Å². The zero-order valence-corrected chi connectivity index (χ0v) is 12.4. The van der Waals surface area contributed by atoms with Crippen LogP contribution in [0.3, 0.4) is 0 Å². The molecule has 1 aliphatic rings. The first-order chi connectivity index (χ1) is 10.1. The number of nitrogens with zero attached hydrogens (tertiary/aromatic N) is 4. The molecular weight excluding hydrogens is 290 g/mol. The molecule has 1 fully saturated rings. The molecule has 0 bridgehead atoms. The van der Waals surface area contributed by atoms with E-state index in [1.807, 2.05) is 6.07 Å². The highest BCUT2D eigenvalue weighted by atomic mass is 32.1. The topological polar surface area (TPSA) is 89.3 Å². The zero-order chi connectivity index (χ0) is 15.2. The summed E-state index contributed by atoms with van der Waals surface area (Å²) in [5, 5.41) is 14.4. The molecule has 0 unspecified atom stereocenters. The Hall–Kier alpha value is -2.40. The van der Waals surface area contributed by atoms with Crippen molar-refractivity contribution in [3.05, 3.63) is 23.3 Å². The van der Waals surface area contributed by atoms with Crippen molar-refractivity contribution in [1.82, 2.24) is 14.8 Å². The van der Waals surface area contributed by atoms with Gasteiger partial charge in [0, 0.05) is 50.9 Å². The molecule has 0 radical (unpaired) electrons. The zero-order valence-electron chi connectivity index (χ0n) is 11.6. The normalized spacial score (nSPS) is 15.5. The molecule has 0 atom stereocenters. The van der Waals surface area contributed by atoms with Crippen LogP contribution in [0.4, 0.5) is 5.13 Å². The van der Waals surface area contributed by atoms with Crippen molar-refractivity contribution in [3.63, 3.8) is 0 Å². The molecule has 0 aromatic carbocycles. The van der Waals surface area contributed by atoms with Crippen molar-refractivity contribution >= 4 is 28.3 Å². The van der Waals surface area contributed by atoms with Gasteiger partial charge in [0.15, 0.2) is 5.13 Å². The monoisotopic (exact) mass is 305 g/mol. The fraction of sp³-hybridized carbons (Fsp3) is 0.385. The van der Waals surface area contributed by atoms with Crippen LogP contribution in [0.2, 0.25) is 0 Å². The molecule has 2 heterocycles. The Morgan fingerprint density at radius 1 is 1.38 bits per heavy atom. The van der Waals surface area contributed by atoms with Gasteiger partial charge in [-0.2, -0.15) is 5.26 Å². The SMILES string of the molecule is CC(=O)N1CCN(C(=O)/C(C#N)=C\Nc2nccs2)CC1. The highest BCUT2D eigenvalue weighted by molar-refractivity contribution is 7.13. The average Bonchev–Trinajstić information content (AvgIpc) is 3.01. The van der Waals surface area contributed by atoms with Crippen molar-refractivity contribution < 1.29 is 9.59 Å². The third kappa shape index (κ3) is 3.79. The van der Waals surface area contributed by atoms with Gasteiger partial charge in [0.05, 0.1) is 0 Å². The van der Waals surface area contributed by atoms with Crippen LogP contribution >= 0.6 is 11.3 Å². The van der Waals surface area contributed by atoms with Gasteiger partial charge >= 0.3 is 0 Å². The minimum atomic E-state index is -0.329. The van der Waals surface area contributed by atoms with Crippen LogP contribution in [-0.2, 0) is 9.59 Å². The minimum absolute atomic E-state index is 0.00332. The number of piperazine rings is 1. The van der Waals surface area contributed by atoms with Crippen molar-refractivity contribution in [2.75, 3.05) is 31.5 Å². The number of rotatable bonds is 3. The predicted molar refractivity (Wildman–Crippen MR) is 78.3 cm³/mol. The van der Waals surface area contributed by atoms with E-state index in [9.17, 15) is 9.59 Å². The highest BCUT2D eigenvalue weighted by Gasteiger charge is 2.24. The lowest BCUT2D eigenvalue weighted by Gasteiger charge is -2.34. The summed E-state index contributed by atoms with van der Waals surface area (Å²) in [7, 11) is 0. The van der Waals surface area contributed by atoms with E-state index < -0.39 is 0 Å². The summed E-state index contributed by atoms with van der Waals surface area (Å²) in [5.41, 5.74) is 0.0291. The maximum Gasteiger partial charge on any atom is 0.266 e. The van der Waals surface area contributed by atoms with Crippen LogP contribution < -0.4 is 5.32 Å². The standard InChI is InChI=1S/C13H15N5O2S/c1-10(19)17-3-5-18(6-4-17)12(20)11(8-14)9-16-13-15-2-7-21-13/h2,7,9H,3-6H2,1H3,(H,15,16)/b11-9-. The average molecular weight is 305 g/mol. The number of anilines is 1. The van der Waals surface area contributed by atoms with Crippen LogP contribution in [0.15, 0.2) is 23.3 Å². The lowest BCUT2D eigenvalue weighted by molar-refractivity contribution is -0.136. The van der Waals surface area contributed by atoms with Crippen molar-refractivity contribution in [1.29, 1.82) is 5.26 Å². The highest BCUT2D eigenvalue weighted by Crippen LogP contribution is 2.12. The Morgan fingerprint density at radius 3 is 2.57 bits per heavy atom. The van der Waals surface area contributed by atoms with E-state index in [1.165, 1.54) is 24.5 Å². The smallest absolute Gasteiger partial charge is 0.266 e. The second-order valence-corrected chi connectivity index (χ2v) is 5.34. The Kier molecular flexibility index (Phi) is 4.90. The molecule has 1 aliphatic heterocycles. The summed E-state index contributed by atoms with van der Waals surface area (Å²) in [5.74, 6) is -0.326. The minimum Gasteiger partial charge on any atom is -0.339 e. The Bertz CT molecular complexity index is 582. The molecule has 0 saturated carbocycles. The number of nitriles is 1. The quantitative estimate of drug-likeness (QED) is 0.654. The molecule has 0 aliphatic carbocycles. The fourth-order valence-corrected chi connectivity index (χ4v) is 2.46. The summed E-state index contributed by atoms with van der Waals surface area (Å²) >= 11 is 1.38. The summed E-state index contributed by atoms with van der Waals surface area (Å²) in [6.45, 7) is 3.39. The first kappa shape index (κ1) is 15.0. The van der Waals surface area contributed by atoms with Gasteiger partial charge in [-0.3, -0.25) is 9.59 Å². The Morgan fingerprint density at radius 2 is 2.05 bits per heavy atom. The predicted octanol–water partition coefficient (Wildman–Crippen LogP) is 0.653. The van der Waals surface area contributed by atoms with E-state index >= 15 is 0 Å². The number of hydrogen-bond acceptors (Lipinski definition) is 6. The van der Waals surface area contributed by atoms with Crippen LogP contribution in [0.1, 0.15) is 6.92 Å². The summed E-state index contributed by atoms with van der Waals surface area (Å²) in [6, 6.07) is 1.90. The second-order valence-electron chi connectivity index (χ2n) is 4.45. The van der Waals surface area contributed by atoms with Crippen molar-refractivity contribution in [2.24, 2.45) is 0 Å². The first-order valence-corrected chi connectivity index (χ1v) is 7.31. The van der Waals surface area contributed by atoms with Crippen LogP contribution in [0, 0.1) is 11.3 Å². The van der Waals surface area contributed by atoms with Gasteiger partial charge in [0.2, 0.25) is 5.91 Å². The molecule has 0 spiro atoms. The van der Waals surface area contributed by atoms with Gasteiger partial charge in [-0.25, -0.2) is 4.98 Å². The lowest BCUT2D eigenvalue weighted by Crippen LogP contribution is -2.50. The molecule has 1 saturated heterocycles. The lowest BCUT2D eigenvalue weighted by atomic mass is 10.2. The van der Waals surface area contributed by atoms with Crippen LogP contribution in [0.5, 0.6) is 0 Å². The molecule has 7 nitrogen and oxygen atoms in total. The second kappa shape index (κ2) is 6.85. The van der Waals surface area contributed by atoms with Gasteiger partial charge in [-0.1, -0.05) is 0 Å². The number of carbonyl (C=O) groups is 2. The van der Waals surface area contributed by atoms with E-state index in [0.717, 1.165) is 0 Å². The van der Waals surface area contributed by atoms with E-state index in [-0.39, 0.29) is 17.4 Å². The molecule has 21 heavy (non-hydrogen) atoms. The van der Waals surface area contributed by atoms with Crippen molar-refractivity contribution in [2.45, 2.75) is 6.92 Å². The molecular formula is C13H15N5O2S. The molecule has 1 aromatic rings. The molecule has 1 aromatic heterocycles. The number of aromatic nitrogens is 1. The first-order valence-electron chi connectivity index (χ1n) is 6.43. The summed E-state index contributed by atoms with van der Waals surface area (Å²) in [4.78, 5) is 30.8. The van der Waals surface area contributed by atoms with Crippen LogP contribution in [0.25, 0.3) is 0 Å². The number of carbonyl (C=O) groups excluding carboxylic acids is 2. The van der Waals surface area contributed by atoms with Crippen molar-refractivity contribution in [3.8, 4) is 6.07 Å². The maximum atomic E-state index is 12.2. The van der Waals surface area contributed by atoms with Gasteiger partial charge in [-0.05, 0) is 0 Å². The van der Waals surface area contributed by atoms with Gasteiger partial charge in [-0.15, -0.1) is 11.3 Å². The molecule has 8 heteroatoms. The van der Waals surface area contributed by atoms with Gasteiger partial charge in [0.1, 0.15) is 11.6 Å². The summed E-state index contributed by atoms with van der Waals surface area (Å²) in [6.07, 6.45) is 3.01. The Balaban J connectivity index is 1.96. The summed E-state index contributed by atoms with van der Waals surface area (Å²) < 4.78 is 0. The largest absolute Gasteiger partial charge is 0.339 e. The number of amides is 2. The molecule has 1 N–H and O–H groups in total. The third-order valence-corrected chi connectivity index (χ3v) is 3.84. The number of nitrogens with one attached hydrogen (secondary N) is 1. The Labute approximate surface area is 126 Å². The van der Waals surface area contributed by atoms with Gasteiger partial charge in [0.25, 0.3) is 5.91 Å².